The predicted octanol–water partition coefficient (Wildman–Crippen LogP) is 4.50. The minimum atomic E-state index is 0.195. The van der Waals surface area contributed by atoms with Crippen molar-refractivity contribution in [2.24, 2.45) is 0 Å². The summed E-state index contributed by atoms with van der Waals surface area (Å²) in [7, 11) is 2.20. The van der Waals surface area contributed by atoms with E-state index in [9.17, 15) is 0 Å². The molecular weight excluding hydrogens is 268 g/mol. The van der Waals surface area contributed by atoms with Gasteiger partial charge in [-0.15, -0.1) is 0 Å². The van der Waals surface area contributed by atoms with Gasteiger partial charge in [0.15, 0.2) is 0 Å². The van der Waals surface area contributed by atoms with Crippen LogP contribution >= 0.6 is 11.6 Å². The van der Waals surface area contributed by atoms with E-state index >= 15 is 0 Å². The Morgan fingerprint density at radius 1 is 1.15 bits per heavy atom. The summed E-state index contributed by atoms with van der Waals surface area (Å²) >= 11 is 5.95. The van der Waals surface area contributed by atoms with Gasteiger partial charge in [0.1, 0.15) is 0 Å². The molecule has 1 rings (SSSR count). The molecule has 3 heteroatoms. The molecule has 0 aliphatic heterocycles. The molecule has 0 saturated carbocycles. The van der Waals surface area contributed by atoms with Gasteiger partial charge < -0.3 is 5.32 Å². The molecule has 0 saturated heterocycles. The second-order valence-electron chi connectivity index (χ2n) is 6.71. The SMILES string of the molecule is CC(CCNC(C)(C)C)N(C)C(C)c1ccc(Cl)cc1. The summed E-state index contributed by atoms with van der Waals surface area (Å²) in [5.41, 5.74) is 1.51. The first-order valence-corrected chi connectivity index (χ1v) is 7.81. The Hall–Kier alpha value is -0.570. The van der Waals surface area contributed by atoms with Gasteiger partial charge in [-0.3, -0.25) is 4.90 Å². The Balaban J connectivity index is 2.51. The molecule has 0 spiro atoms. The standard InChI is InChI=1S/C17H29ClN2/c1-13(11-12-19-17(3,4)5)20(6)14(2)15-7-9-16(18)10-8-15/h7-10,13-14,19H,11-12H2,1-6H3. The molecule has 20 heavy (non-hydrogen) atoms. The van der Waals surface area contributed by atoms with Gasteiger partial charge in [0, 0.05) is 22.6 Å². The number of halogens is 1. The van der Waals surface area contributed by atoms with E-state index in [-0.39, 0.29) is 5.54 Å². The molecule has 0 amide bonds. The molecule has 1 aromatic carbocycles. The van der Waals surface area contributed by atoms with Crippen molar-refractivity contribution < 1.29 is 0 Å². The number of nitrogens with zero attached hydrogens (tertiary/aromatic N) is 1. The maximum atomic E-state index is 5.95. The van der Waals surface area contributed by atoms with Crippen LogP contribution in [0.2, 0.25) is 5.02 Å². The number of benzene rings is 1. The van der Waals surface area contributed by atoms with Crippen LogP contribution in [0, 0.1) is 0 Å². The summed E-state index contributed by atoms with van der Waals surface area (Å²) in [5.74, 6) is 0. The third kappa shape index (κ3) is 5.82. The van der Waals surface area contributed by atoms with Gasteiger partial charge in [-0.05, 0) is 72.3 Å². The second kappa shape index (κ2) is 7.44. The van der Waals surface area contributed by atoms with E-state index in [0.717, 1.165) is 18.0 Å². The van der Waals surface area contributed by atoms with Crippen molar-refractivity contribution in [3.63, 3.8) is 0 Å². The molecule has 2 atom stereocenters. The largest absolute Gasteiger partial charge is 0.312 e. The summed E-state index contributed by atoms with van der Waals surface area (Å²) in [6.45, 7) is 12.2. The fourth-order valence-corrected chi connectivity index (χ4v) is 2.34. The lowest BCUT2D eigenvalue weighted by atomic mass is 10.0. The lowest BCUT2D eigenvalue weighted by Crippen LogP contribution is -2.40. The number of hydrogen-bond acceptors (Lipinski definition) is 2. The first-order chi connectivity index (χ1) is 9.20. The molecule has 0 aromatic heterocycles. The molecule has 0 heterocycles. The Bertz CT molecular complexity index is 394. The molecule has 0 bridgehead atoms. The molecule has 2 unspecified atom stereocenters. The summed E-state index contributed by atoms with van der Waals surface area (Å²) < 4.78 is 0. The monoisotopic (exact) mass is 296 g/mol. The van der Waals surface area contributed by atoms with Gasteiger partial charge in [0.05, 0.1) is 0 Å². The third-order valence-corrected chi connectivity index (χ3v) is 4.13. The summed E-state index contributed by atoms with van der Waals surface area (Å²) in [4.78, 5) is 2.42. The maximum absolute atomic E-state index is 5.95. The summed E-state index contributed by atoms with van der Waals surface area (Å²) in [5, 5.41) is 4.35. The number of hydrogen-bond donors (Lipinski definition) is 1. The van der Waals surface area contributed by atoms with Crippen molar-refractivity contribution in [1.29, 1.82) is 0 Å². The van der Waals surface area contributed by atoms with E-state index in [2.05, 4.69) is 64.0 Å². The Morgan fingerprint density at radius 3 is 2.20 bits per heavy atom. The first-order valence-electron chi connectivity index (χ1n) is 7.43. The van der Waals surface area contributed by atoms with Crippen molar-refractivity contribution in [2.45, 2.75) is 58.7 Å². The first kappa shape index (κ1) is 17.5. The van der Waals surface area contributed by atoms with Crippen LogP contribution < -0.4 is 5.32 Å². The fraction of sp³-hybridized carbons (Fsp3) is 0.647. The fourth-order valence-electron chi connectivity index (χ4n) is 2.22. The zero-order chi connectivity index (χ0) is 15.3. The van der Waals surface area contributed by atoms with Crippen LogP contribution in [0.25, 0.3) is 0 Å². The van der Waals surface area contributed by atoms with E-state index in [4.69, 9.17) is 11.6 Å². The Kier molecular flexibility index (Phi) is 6.50. The third-order valence-electron chi connectivity index (χ3n) is 3.88. The van der Waals surface area contributed by atoms with E-state index in [1.165, 1.54) is 5.56 Å². The highest BCUT2D eigenvalue weighted by atomic mass is 35.5. The molecule has 1 aromatic rings. The highest BCUT2D eigenvalue weighted by molar-refractivity contribution is 6.30. The number of nitrogens with one attached hydrogen (secondary N) is 1. The van der Waals surface area contributed by atoms with Crippen LogP contribution in [0.15, 0.2) is 24.3 Å². The normalized spacial score (nSPS) is 15.4. The lowest BCUT2D eigenvalue weighted by molar-refractivity contribution is 0.185. The molecule has 2 nitrogen and oxygen atoms in total. The second-order valence-corrected chi connectivity index (χ2v) is 7.14. The highest BCUT2D eigenvalue weighted by Gasteiger charge is 2.18. The van der Waals surface area contributed by atoms with Crippen molar-refractivity contribution in [1.82, 2.24) is 10.2 Å². The molecule has 1 N–H and O–H groups in total. The van der Waals surface area contributed by atoms with Crippen LogP contribution in [0.5, 0.6) is 0 Å². The Labute approximate surface area is 129 Å². The van der Waals surface area contributed by atoms with Crippen molar-refractivity contribution in [3.8, 4) is 0 Å². The van der Waals surface area contributed by atoms with Crippen molar-refractivity contribution in [3.05, 3.63) is 34.9 Å². The molecular formula is C17H29ClN2. The van der Waals surface area contributed by atoms with Crippen LogP contribution in [0.1, 0.15) is 52.6 Å². The zero-order valence-electron chi connectivity index (χ0n) is 13.7. The topological polar surface area (TPSA) is 15.3 Å². The molecule has 0 aliphatic carbocycles. The number of rotatable bonds is 6. The van der Waals surface area contributed by atoms with Crippen LogP contribution in [0.3, 0.4) is 0 Å². The van der Waals surface area contributed by atoms with E-state index in [1.54, 1.807) is 0 Å². The lowest BCUT2D eigenvalue weighted by Gasteiger charge is -2.32. The van der Waals surface area contributed by atoms with Crippen molar-refractivity contribution >= 4 is 11.6 Å². The smallest absolute Gasteiger partial charge is 0.0406 e. The van der Waals surface area contributed by atoms with E-state index in [0.29, 0.717) is 12.1 Å². The summed E-state index contributed by atoms with van der Waals surface area (Å²) in [6, 6.07) is 9.10. The average Bonchev–Trinajstić information content (AvgIpc) is 2.36. The van der Waals surface area contributed by atoms with Gasteiger partial charge >= 0.3 is 0 Å². The van der Waals surface area contributed by atoms with Gasteiger partial charge in [-0.2, -0.15) is 0 Å². The average molecular weight is 297 g/mol. The molecule has 0 aliphatic rings. The van der Waals surface area contributed by atoms with E-state index in [1.807, 2.05) is 12.1 Å². The molecule has 0 radical (unpaired) electrons. The van der Waals surface area contributed by atoms with Gasteiger partial charge in [-0.25, -0.2) is 0 Å². The maximum Gasteiger partial charge on any atom is 0.0406 e. The highest BCUT2D eigenvalue weighted by Crippen LogP contribution is 2.23. The van der Waals surface area contributed by atoms with Crippen LogP contribution in [-0.4, -0.2) is 30.1 Å². The quantitative estimate of drug-likeness (QED) is 0.831. The van der Waals surface area contributed by atoms with Gasteiger partial charge in [0.2, 0.25) is 0 Å². The van der Waals surface area contributed by atoms with Crippen LogP contribution in [-0.2, 0) is 0 Å². The van der Waals surface area contributed by atoms with Crippen LogP contribution in [0.4, 0.5) is 0 Å². The summed E-state index contributed by atoms with van der Waals surface area (Å²) in [6.07, 6.45) is 1.14. The molecule has 114 valence electrons. The minimum absolute atomic E-state index is 0.195. The van der Waals surface area contributed by atoms with Gasteiger partial charge in [0.25, 0.3) is 0 Å². The molecule has 0 fully saturated rings. The predicted molar refractivity (Wildman–Crippen MR) is 89.5 cm³/mol. The van der Waals surface area contributed by atoms with Crippen molar-refractivity contribution in [2.75, 3.05) is 13.6 Å². The Morgan fingerprint density at radius 2 is 1.70 bits per heavy atom. The van der Waals surface area contributed by atoms with E-state index < -0.39 is 0 Å². The van der Waals surface area contributed by atoms with Gasteiger partial charge in [-0.1, -0.05) is 23.7 Å². The minimum Gasteiger partial charge on any atom is -0.312 e. The zero-order valence-corrected chi connectivity index (χ0v) is 14.5.